The van der Waals surface area contributed by atoms with E-state index in [1.165, 1.54) is 128 Å². The first-order valence-corrected chi connectivity index (χ1v) is 18.4. The standard InChI is InChI=1S/C37H66O3/c1-3-39-29-17-27-36(31-19-9-5-10-20-31,32-21-11-6-12-22-32)35(38)37(28-18-30-40-4-2,33-23-13-7-14-24-33)34-25-15-8-16-26-34/h31-34H,3-30H2,1-2H3. The van der Waals surface area contributed by atoms with E-state index in [0.717, 1.165) is 57.9 Å². The van der Waals surface area contributed by atoms with Crippen molar-refractivity contribution in [2.45, 2.75) is 168 Å². The third-order valence-electron chi connectivity index (χ3n) is 12.3. The predicted octanol–water partition coefficient (Wildman–Crippen LogP) is 10.5. The van der Waals surface area contributed by atoms with Gasteiger partial charge in [0.25, 0.3) is 0 Å². The van der Waals surface area contributed by atoms with Crippen LogP contribution in [0.3, 0.4) is 0 Å². The monoisotopic (exact) mass is 559 g/mol. The van der Waals surface area contributed by atoms with Crippen molar-refractivity contribution in [3.8, 4) is 0 Å². The summed E-state index contributed by atoms with van der Waals surface area (Å²) in [7, 11) is 0. The number of carbonyl (C=O) groups is 1. The molecule has 0 aromatic heterocycles. The van der Waals surface area contributed by atoms with E-state index in [4.69, 9.17) is 9.47 Å². The highest BCUT2D eigenvalue weighted by Gasteiger charge is 2.60. The fourth-order valence-corrected chi connectivity index (χ4v) is 10.6. The minimum absolute atomic E-state index is 0.127. The maximum Gasteiger partial charge on any atom is 0.146 e. The number of ketones is 1. The van der Waals surface area contributed by atoms with Crippen LogP contribution in [0.4, 0.5) is 0 Å². The molecule has 0 unspecified atom stereocenters. The summed E-state index contributed by atoms with van der Waals surface area (Å²) >= 11 is 0. The Kier molecular flexibility index (Phi) is 13.8. The Hall–Kier alpha value is -0.410. The molecule has 4 saturated carbocycles. The summed E-state index contributed by atoms with van der Waals surface area (Å²) in [5.41, 5.74) is -0.253. The van der Waals surface area contributed by atoms with Crippen LogP contribution in [0.5, 0.6) is 0 Å². The lowest BCUT2D eigenvalue weighted by Crippen LogP contribution is -2.58. The SMILES string of the molecule is CCOCCCC(C(=O)C(CCCOCC)(C1CCCCC1)C1CCCCC1)(C1CCCCC1)C1CCCCC1. The maximum atomic E-state index is 16.3. The average molecular weight is 559 g/mol. The van der Waals surface area contributed by atoms with E-state index in [9.17, 15) is 0 Å². The first-order chi connectivity index (χ1) is 19.7. The maximum absolute atomic E-state index is 16.3. The Morgan fingerprint density at radius 3 is 1.02 bits per heavy atom. The van der Waals surface area contributed by atoms with Gasteiger partial charge in [0.1, 0.15) is 5.78 Å². The molecular formula is C37H66O3. The second-order valence-corrected chi connectivity index (χ2v) is 14.4. The number of carbonyl (C=O) groups excluding carboxylic acids is 1. The third kappa shape index (κ3) is 7.56. The Bertz CT molecular complexity index is 598. The number of ether oxygens (including phenoxy) is 2. The van der Waals surface area contributed by atoms with Crippen LogP contribution in [-0.2, 0) is 14.3 Å². The van der Waals surface area contributed by atoms with Gasteiger partial charge in [0.15, 0.2) is 0 Å². The van der Waals surface area contributed by atoms with Gasteiger partial charge < -0.3 is 9.47 Å². The Balaban J connectivity index is 1.82. The van der Waals surface area contributed by atoms with Crippen molar-refractivity contribution in [2.75, 3.05) is 26.4 Å². The summed E-state index contributed by atoms with van der Waals surface area (Å²) in [5, 5.41) is 0. The molecule has 4 aliphatic carbocycles. The fraction of sp³-hybridized carbons (Fsp3) is 0.973. The van der Waals surface area contributed by atoms with Crippen molar-refractivity contribution in [3.05, 3.63) is 0 Å². The van der Waals surface area contributed by atoms with Crippen LogP contribution >= 0.6 is 0 Å². The zero-order valence-electron chi connectivity index (χ0n) is 26.8. The van der Waals surface area contributed by atoms with Gasteiger partial charge in [0.2, 0.25) is 0 Å². The number of hydrogen-bond donors (Lipinski definition) is 0. The second kappa shape index (κ2) is 17.0. The van der Waals surface area contributed by atoms with Gasteiger partial charge in [-0.15, -0.1) is 0 Å². The highest BCUT2D eigenvalue weighted by atomic mass is 16.5. The van der Waals surface area contributed by atoms with E-state index in [0.29, 0.717) is 23.7 Å². The summed E-state index contributed by atoms with van der Waals surface area (Å²) in [6.07, 6.45) is 30.8. The van der Waals surface area contributed by atoms with E-state index in [-0.39, 0.29) is 10.8 Å². The molecule has 3 heteroatoms. The molecule has 0 aromatic rings. The highest BCUT2D eigenvalue weighted by Crippen LogP contribution is 2.61. The lowest BCUT2D eigenvalue weighted by atomic mass is 9.45. The number of hydrogen-bond acceptors (Lipinski definition) is 3. The number of rotatable bonds is 16. The molecule has 0 heterocycles. The van der Waals surface area contributed by atoms with Gasteiger partial charge >= 0.3 is 0 Å². The van der Waals surface area contributed by atoms with Crippen molar-refractivity contribution in [1.82, 2.24) is 0 Å². The second-order valence-electron chi connectivity index (χ2n) is 14.4. The minimum Gasteiger partial charge on any atom is -0.382 e. The lowest BCUT2D eigenvalue weighted by Gasteiger charge is -2.57. The number of Topliss-reactive ketones (excluding diaryl/α,β-unsaturated/α-hetero) is 1. The van der Waals surface area contributed by atoms with Crippen molar-refractivity contribution >= 4 is 5.78 Å². The third-order valence-corrected chi connectivity index (χ3v) is 12.3. The molecule has 0 spiro atoms. The topological polar surface area (TPSA) is 35.5 Å². The molecule has 40 heavy (non-hydrogen) atoms. The zero-order valence-corrected chi connectivity index (χ0v) is 26.8. The van der Waals surface area contributed by atoms with Crippen LogP contribution in [-0.4, -0.2) is 32.2 Å². The Morgan fingerprint density at radius 1 is 0.500 bits per heavy atom. The summed E-state index contributed by atoms with van der Waals surface area (Å²) < 4.78 is 11.9. The van der Waals surface area contributed by atoms with Gasteiger partial charge in [-0.05, 0) is 115 Å². The van der Waals surface area contributed by atoms with Gasteiger partial charge in [-0.1, -0.05) is 77.0 Å². The van der Waals surface area contributed by atoms with Gasteiger partial charge in [0.05, 0.1) is 0 Å². The molecule has 0 amide bonds. The first-order valence-electron chi connectivity index (χ1n) is 18.4. The van der Waals surface area contributed by atoms with Gasteiger partial charge in [0, 0.05) is 37.3 Å². The summed E-state index contributed by atoms with van der Waals surface area (Å²) in [6, 6.07) is 0. The molecule has 0 N–H and O–H groups in total. The van der Waals surface area contributed by atoms with Crippen LogP contribution in [0.1, 0.15) is 168 Å². The summed E-state index contributed by atoms with van der Waals surface area (Å²) in [6.45, 7) is 7.48. The van der Waals surface area contributed by atoms with Crippen molar-refractivity contribution in [3.63, 3.8) is 0 Å². The van der Waals surface area contributed by atoms with Crippen LogP contribution in [0.15, 0.2) is 0 Å². The largest absolute Gasteiger partial charge is 0.382 e. The Morgan fingerprint density at radius 2 is 0.775 bits per heavy atom. The predicted molar refractivity (Wildman–Crippen MR) is 168 cm³/mol. The molecule has 0 aromatic carbocycles. The van der Waals surface area contributed by atoms with Crippen LogP contribution in [0.2, 0.25) is 0 Å². The fourth-order valence-electron chi connectivity index (χ4n) is 10.6. The quantitative estimate of drug-likeness (QED) is 0.177. The van der Waals surface area contributed by atoms with Crippen molar-refractivity contribution in [2.24, 2.45) is 34.5 Å². The molecule has 232 valence electrons. The molecule has 4 fully saturated rings. The van der Waals surface area contributed by atoms with E-state index in [1.54, 1.807) is 0 Å². The van der Waals surface area contributed by atoms with E-state index >= 15 is 4.79 Å². The van der Waals surface area contributed by atoms with Crippen molar-refractivity contribution in [1.29, 1.82) is 0 Å². The molecule has 4 aliphatic rings. The van der Waals surface area contributed by atoms with Gasteiger partial charge in [-0.3, -0.25) is 4.79 Å². The van der Waals surface area contributed by atoms with Gasteiger partial charge in [-0.25, -0.2) is 0 Å². The van der Waals surface area contributed by atoms with Crippen LogP contribution < -0.4 is 0 Å². The Labute approximate surface area is 248 Å². The van der Waals surface area contributed by atoms with E-state index in [1.807, 2.05) is 0 Å². The van der Waals surface area contributed by atoms with E-state index in [2.05, 4.69) is 13.8 Å². The first kappa shape index (κ1) is 32.5. The molecule has 0 radical (unpaired) electrons. The van der Waals surface area contributed by atoms with Crippen molar-refractivity contribution < 1.29 is 14.3 Å². The molecule has 0 saturated heterocycles. The summed E-state index contributed by atoms with van der Waals surface area (Å²) in [5.74, 6) is 3.19. The average Bonchev–Trinajstić information content (AvgIpc) is 3.03. The molecule has 4 rings (SSSR count). The van der Waals surface area contributed by atoms with Crippen LogP contribution in [0.25, 0.3) is 0 Å². The zero-order chi connectivity index (χ0) is 28.1. The molecule has 0 atom stereocenters. The summed E-state index contributed by atoms with van der Waals surface area (Å²) in [4.78, 5) is 16.3. The van der Waals surface area contributed by atoms with Gasteiger partial charge in [-0.2, -0.15) is 0 Å². The molecule has 0 aliphatic heterocycles. The smallest absolute Gasteiger partial charge is 0.146 e. The normalized spacial score (nSPS) is 23.4. The van der Waals surface area contributed by atoms with Crippen LogP contribution in [0, 0.1) is 34.5 Å². The molecule has 0 bridgehead atoms. The highest BCUT2D eigenvalue weighted by molar-refractivity contribution is 5.92. The van der Waals surface area contributed by atoms with E-state index < -0.39 is 0 Å². The molecule has 3 nitrogen and oxygen atoms in total. The lowest BCUT2D eigenvalue weighted by molar-refractivity contribution is -0.164. The minimum atomic E-state index is -0.127. The molecular weight excluding hydrogens is 492 g/mol.